The molecule has 1 amide bonds. The van der Waals surface area contributed by atoms with Gasteiger partial charge in [0.05, 0.1) is 6.61 Å². The van der Waals surface area contributed by atoms with Crippen LogP contribution < -0.4 is 5.32 Å². The van der Waals surface area contributed by atoms with Crippen LogP contribution >= 0.6 is 0 Å². The lowest BCUT2D eigenvalue weighted by Crippen LogP contribution is -2.39. The van der Waals surface area contributed by atoms with E-state index < -0.39 is 5.60 Å². The van der Waals surface area contributed by atoms with Gasteiger partial charge in [0.25, 0.3) is 0 Å². The third-order valence-corrected chi connectivity index (χ3v) is 4.86. The Kier molecular flexibility index (Phi) is 6.72. The van der Waals surface area contributed by atoms with Gasteiger partial charge in [0, 0.05) is 25.7 Å². The molecule has 2 saturated heterocycles. The number of ether oxygens (including phenoxy) is 2. The lowest BCUT2D eigenvalue weighted by Gasteiger charge is -2.28. The smallest absolute Gasteiger partial charge is 0.410 e. The number of hydrogen-bond acceptors (Lipinski definition) is 4. The van der Waals surface area contributed by atoms with E-state index in [0.717, 1.165) is 45.7 Å². The monoisotopic (exact) mass is 326 g/mol. The van der Waals surface area contributed by atoms with Gasteiger partial charge in [-0.1, -0.05) is 0 Å². The van der Waals surface area contributed by atoms with Crippen molar-refractivity contribution in [2.24, 2.45) is 11.8 Å². The summed E-state index contributed by atoms with van der Waals surface area (Å²) in [5, 5.41) is 3.65. The molecule has 5 heteroatoms. The van der Waals surface area contributed by atoms with Crippen LogP contribution in [0, 0.1) is 11.8 Å². The van der Waals surface area contributed by atoms with Gasteiger partial charge in [-0.15, -0.1) is 0 Å². The summed E-state index contributed by atoms with van der Waals surface area (Å²) in [5.41, 5.74) is -0.409. The van der Waals surface area contributed by atoms with Crippen molar-refractivity contribution in [3.63, 3.8) is 0 Å². The zero-order valence-corrected chi connectivity index (χ0v) is 15.3. The van der Waals surface area contributed by atoms with Gasteiger partial charge in [0.1, 0.15) is 5.60 Å². The van der Waals surface area contributed by atoms with Gasteiger partial charge in [0.15, 0.2) is 0 Å². The second-order valence-corrected chi connectivity index (χ2v) is 8.09. The normalized spacial score (nSPS) is 27.0. The van der Waals surface area contributed by atoms with Crippen molar-refractivity contribution in [3.05, 3.63) is 0 Å². The molecule has 0 bridgehead atoms. The highest BCUT2D eigenvalue weighted by Gasteiger charge is 2.29. The Balaban J connectivity index is 1.63. The number of nitrogens with one attached hydrogen (secondary N) is 1. The summed E-state index contributed by atoms with van der Waals surface area (Å²) < 4.78 is 11.0. The average molecular weight is 326 g/mol. The molecule has 0 aromatic heterocycles. The van der Waals surface area contributed by atoms with Crippen LogP contribution in [0.15, 0.2) is 0 Å². The molecule has 2 rings (SSSR count). The van der Waals surface area contributed by atoms with E-state index >= 15 is 0 Å². The first-order valence-electron chi connectivity index (χ1n) is 9.14. The Hall–Kier alpha value is -0.810. The van der Waals surface area contributed by atoms with Crippen molar-refractivity contribution < 1.29 is 14.3 Å². The Morgan fingerprint density at radius 2 is 2.17 bits per heavy atom. The largest absolute Gasteiger partial charge is 0.444 e. The van der Waals surface area contributed by atoms with E-state index in [1.165, 1.54) is 12.8 Å². The van der Waals surface area contributed by atoms with E-state index in [-0.39, 0.29) is 6.09 Å². The maximum Gasteiger partial charge on any atom is 0.410 e. The van der Waals surface area contributed by atoms with Crippen molar-refractivity contribution >= 4 is 6.09 Å². The molecule has 2 aliphatic rings. The fraction of sp³-hybridized carbons (Fsp3) is 0.944. The van der Waals surface area contributed by atoms with Crippen molar-refractivity contribution in [3.8, 4) is 0 Å². The Morgan fingerprint density at radius 1 is 1.39 bits per heavy atom. The van der Waals surface area contributed by atoms with Crippen molar-refractivity contribution in [2.75, 3.05) is 32.8 Å². The molecule has 2 aliphatic heterocycles. The summed E-state index contributed by atoms with van der Waals surface area (Å²) in [7, 11) is 0. The third-order valence-electron chi connectivity index (χ3n) is 4.86. The topological polar surface area (TPSA) is 50.8 Å². The molecule has 5 nitrogen and oxygen atoms in total. The Bertz CT molecular complexity index is 375. The SMILES string of the molecule is C[C@H](NCC[C@H]1CCN(C(=O)OC(C)(C)C)C1)[C@H]1CCCOC1. The minimum atomic E-state index is -0.409. The molecule has 0 unspecified atom stereocenters. The minimum Gasteiger partial charge on any atom is -0.444 e. The summed E-state index contributed by atoms with van der Waals surface area (Å²) >= 11 is 0. The molecule has 2 fully saturated rings. The summed E-state index contributed by atoms with van der Waals surface area (Å²) in [5.74, 6) is 1.23. The fourth-order valence-corrected chi connectivity index (χ4v) is 3.40. The first-order valence-corrected chi connectivity index (χ1v) is 9.14. The van der Waals surface area contributed by atoms with Crippen LogP contribution in [0.2, 0.25) is 0 Å². The number of rotatable bonds is 5. The number of nitrogens with zero attached hydrogens (tertiary/aromatic N) is 1. The van der Waals surface area contributed by atoms with Gasteiger partial charge in [0.2, 0.25) is 0 Å². The van der Waals surface area contributed by atoms with Gasteiger partial charge in [-0.2, -0.15) is 0 Å². The van der Waals surface area contributed by atoms with Crippen LogP contribution in [0.3, 0.4) is 0 Å². The lowest BCUT2D eigenvalue weighted by atomic mass is 9.94. The van der Waals surface area contributed by atoms with Crippen LogP contribution in [-0.4, -0.2) is 55.5 Å². The first-order chi connectivity index (χ1) is 10.8. The molecule has 0 aliphatic carbocycles. The zero-order chi connectivity index (χ0) is 16.9. The van der Waals surface area contributed by atoms with Gasteiger partial charge in [-0.25, -0.2) is 4.79 Å². The standard InChI is InChI=1S/C18H34N2O3/c1-14(16-6-5-11-22-13-16)19-9-7-15-8-10-20(12-15)17(21)23-18(2,3)4/h14-16,19H,5-13H2,1-4H3/t14-,15-,16-/m0/s1. The molecule has 0 aromatic carbocycles. The van der Waals surface area contributed by atoms with Gasteiger partial charge in [-0.05, 0) is 71.8 Å². The molecule has 0 radical (unpaired) electrons. The van der Waals surface area contributed by atoms with E-state index in [4.69, 9.17) is 9.47 Å². The van der Waals surface area contributed by atoms with Gasteiger partial charge < -0.3 is 19.7 Å². The molecule has 1 N–H and O–H groups in total. The van der Waals surface area contributed by atoms with Crippen molar-refractivity contribution in [1.82, 2.24) is 10.2 Å². The van der Waals surface area contributed by atoms with Gasteiger partial charge >= 0.3 is 6.09 Å². The highest BCUT2D eigenvalue weighted by Crippen LogP contribution is 2.22. The summed E-state index contributed by atoms with van der Waals surface area (Å²) in [6.07, 6.45) is 4.49. The molecule has 0 aromatic rings. The molecule has 134 valence electrons. The first kappa shape index (κ1) is 18.5. The number of amides is 1. The highest BCUT2D eigenvalue weighted by molar-refractivity contribution is 5.68. The Morgan fingerprint density at radius 3 is 2.83 bits per heavy atom. The van der Waals surface area contributed by atoms with E-state index in [2.05, 4.69) is 12.2 Å². The summed E-state index contributed by atoms with van der Waals surface area (Å²) in [6.45, 7) is 12.5. The highest BCUT2D eigenvalue weighted by atomic mass is 16.6. The van der Waals surface area contributed by atoms with Crippen molar-refractivity contribution in [2.45, 2.75) is 65.0 Å². The minimum absolute atomic E-state index is 0.166. The van der Waals surface area contributed by atoms with Crippen molar-refractivity contribution in [1.29, 1.82) is 0 Å². The van der Waals surface area contributed by atoms with E-state index in [0.29, 0.717) is 17.9 Å². The van der Waals surface area contributed by atoms with Crippen LogP contribution in [0.25, 0.3) is 0 Å². The second-order valence-electron chi connectivity index (χ2n) is 8.09. The van der Waals surface area contributed by atoms with Crippen LogP contribution in [0.4, 0.5) is 4.79 Å². The molecule has 0 saturated carbocycles. The number of likely N-dealkylation sites (tertiary alicyclic amines) is 1. The average Bonchev–Trinajstić information content (AvgIpc) is 2.95. The fourth-order valence-electron chi connectivity index (χ4n) is 3.40. The molecular weight excluding hydrogens is 292 g/mol. The maximum absolute atomic E-state index is 12.1. The van der Waals surface area contributed by atoms with E-state index in [1.54, 1.807) is 0 Å². The summed E-state index contributed by atoms with van der Waals surface area (Å²) in [4.78, 5) is 13.9. The Labute approximate surface area is 141 Å². The second kappa shape index (κ2) is 8.34. The summed E-state index contributed by atoms with van der Waals surface area (Å²) in [6, 6.07) is 0.513. The molecule has 0 spiro atoms. The molecule has 23 heavy (non-hydrogen) atoms. The molecular formula is C18H34N2O3. The van der Waals surface area contributed by atoms with Crippen LogP contribution in [0.1, 0.15) is 53.4 Å². The maximum atomic E-state index is 12.1. The lowest BCUT2D eigenvalue weighted by molar-refractivity contribution is 0.0286. The zero-order valence-electron chi connectivity index (χ0n) is 15.3. The number of hydrogen-bond donors (Lipinski definition) is 1. The predicted octanol–water partition coefficient (Wildman–Crippen LogP) is 3.04. The molecule has 2 heterocycles. The van der Waals surface area contributed by atoms with E-state index in [9.17, 15) is 4.79 Å². The quantitative estimate of drug-likeness (QED) is 0.844. The predicted molar refractivity (Wildman–Crippen MR) is 91.5 cm³/mol. The number of carbonyl (C=O) groups is 1. The van der Waals surface area contributed by atoms with Gasteiger partial charge in [-0.3, -0.25) is 0 Å². The van der Waals surface area contributed by atoms with E-state index in [1.807, 2.05) is 25.7 Å². The van der Waals surface area contributed by atoms with Crippen LogP contribution in [0.5, 0.6) is 0 Å². The molecule has 3 atom stereocenters. The number of carbonyl (C=O) groups excluding carboxylic acids is 1. The third kappa shape index (κ3) is 6.30. The van der Waals surface area contributed by atoms with Crippen LogP contribution in [-0.2, 0) is 9.47 Å².